The number of hydrogen-bond acceptors (Lipinski definition) is 3. The number of unbranched alkanes of at least 4 members (excludes halogenated alkanes) is 10. The molecule has 28 heavy (non-hydrogen) atoms. The zero-order valence-electron chi connectivity index (χ0n) is 18.3. The topological polar surface area (TPSA) is 63.6 Å². The van der Waals surface area contributed by atoms with Gasteiger partial charge >= 0.3 is 0 Å². The monoisotopic (exact) mass is 412 g/mol. The summed E-state index contributed by atoms with van der Waals surface area (Å²) in [7, 11) is -4.21. The van der Waals surface area contributed by atoms with Crippen molar-refractivity contribution in [3.63, 3.8) is 0 Å². The van der Waals surface area contributed by atoms with Crippen LogP contribution >= 0.6 is 0 Å². The summed E-state index contributed by atoms with van der Waals surface area (Å²) < 4.78 is 38.4. The maximum atomic E-state index is 11.5. The lowest BCUT2D eigenvalue weighted by Gasteiger charge is -2.17. The molecule has 0 amide bonds. The van der Waals surface area contributed by atoms with Crippen LogP contribution in [0.3, 0.4) is 0 Å². The van der Waals surface area contributed by atoms with Crippen LogP contribution in [0.1, 0.15) is 108 Å². The molecule has 0 aromatic heterocycles. The molecule has 0 aliphatic rings. The Labute approximate surface area is 172 Å². The molecule has 4 nitrogen and oxygen atoms in total. The fraction of sp³-hybridized carbons (Fsp3) is 0.739. The minimum atomic E-state index is -4.21. The minimum Gasteiger partial charge on any atom is -0.493 e. The SMILES string of the molecule is CCCCCCCCCCCCCOc1cc(C)c(S(=O)(=O)O)cc1C(C)C. The van der Waals surface area contributed by atoms with Gasteiger partial charge in [0.15, 0.2) is 0 Å². The van der Waals surface area contributed by atoms with Crippen molar-refractivity contribution >= 4 is 10.1 Å². The van der Waals surface area contributed by atoms with E-state index in [-0.39, 0.29) is 10.8 Å². The Hall–Kier alpha value is -1.07. The highest BCUT2D eigenvalue weighted by Crippen LogP contribution is 2.32. The van der Waals surface area contributed by atoms with Crippen LogP contribution < -0.4 is 4.74 Å². The van der Waals surface area contributed by atoms with Gasteiger partial charge in [0.1, 0.15) is 5.75 Å². The van der Waals surface area contributed by atoms with Crippen molar-refractivity contribution in [1.82, 2.24) is 0 Å². The molecule has 0 radical (unpaired) electrons. The molecule has 0 aliphatic carbocycles. The molecule has 162 valence electrons. The first-order chi connectivity index (χ1) is 13.3. The molecule has 0 aliphatic heterocycles. The van der Waals surface area contributed by atoms with Crippen LogP contribution in [0.15, 0.2) is 17.0 Å². The van der Waals surface area contributed by atoms with Crippen LogP contribution in [0.5, 0.6) is 5.75 Å². The average molecular weight is 413 g/mol. The fourth-order valence-electron chi connectivity index (χ4n) is 3.48. The Bertz CT molecular complexity index is 665. The van der Waals surface area contributed by atoms with E-state index >= 15 is 0 Å². The highest BCUT2D eigenvalue weighted by molar-refractivity contribution is 7.85. The van der Waals surface area contributed by atoms with Crippen molar-refractivity contribution in [2.45, 2.75) is 109 Å². The lowest BCUT2D eigenvalue weighted by molar-refractivity contribution is 0.300. The molecule has 0 saturated carbocycles. The van der Waals surface area contributed by atoms with E-state index in [1.165, 1.54) is 57.8 Å². The van der Waals surface area contributed by atoms with Gasteiger partial charge in [0.05, 0.1) is 11.5 Å². The molecule has 0 bridgehead atoms. The van der Waals surface area contributed by atoms with Gasteiger partial charge < -0.3 is 4.74 Å². The Morgan fingerprint density at radius 1 is 0.893 bits per heavy atom. The Morgan fingerprint density at radius 3 is 1.86 bits per heavy atom. The van der Waals surface area contributed by atoms with Crippen LogP contribution in [-0.2, 0) is 10.1 Å². The summed E-state index contributed by atoms with van der Waals surface area (Å²) in [6.07, 6.45) is 14.2. The van der Waals surface area contributed by atoms with E-state index in [9.17, 15) is 13.0 Å². The minimum absolute atomic E-state index is 0.0294. The first-order valence-corrected chi connectivity index (χ1v) is 12.5. The summed E-state index contributed by atoms with van der Waals surface area (Å²) in [5.41, 5.74) is 1.34. The summed E-state index contributed by atoms with van der Waals surface area (Å²) >= 11 is 0. The highest BCUT2D eigenvalue weighted by Gasteiger charge is 2.18. The zero-order valence-corrected chi connectivity index (χ0v) is 19.1. The summed E-state index contributed by atoms with van der Waals surface area (Å²) in [6, 6.07) is 3.28. The van der Waals surface area contributed by atoms with Crippen molar-refractivity contribution in [3.05, 3.63) is 23.3 Å². The van der Waals surface area contributed by atoms with Crippen molar-refractivity contribution in [3.8, 4) is 5.75 Å². The highest BCUT2D eigenvalue weighted by atomic mass is 32.2. The molecule has 0 fully saturated rings. The summed E-state index contributed by atoms with van der Waals surface area (Å²) in [6.45, 7) is 8.56. The van der Waals surface area contributed by atoms with Gasteiger partial charge in [0.25, 0.3) is 10.1 Å². The van der Waals surface area contributed by atoms with Crippen molar-refractivity contribution < 1.29 is 17.7 Å². The van der Waals surface area contributed by atoms with Crippen molar-refractivity contribution in [2.24, 2.45) is 0 Å². The first kappa shape index (κ1) is 25.0. The molecular formula is C23H40O4S. The number of rotatable bonds is 15. The van der Waals surface area contributed by atoms with E-state index in [0.717, 1.165) is 24.2 Å². The van der Waals surface area contributed by atoms with E-state index in [4.69, 9.17) is 4.74 Å². The maximum Gasteiger partial charge on any atom is 0.294 e. The van der Waals surface area contributed by atoms with Gasteiger partial charge in [0.2, 0.25) is 0 Å². The Kier molecular flexibility index (Phi) is 11.8. The van der Waals surface area contributed by atoms with Crippen LogP contribution in [0.2, 0.25) is 0 Å². The number of hydrogen-bond donors (Lipinski definition) is 1. The molecule has 1 aromatic carbocycles. The third-order valence-electron chi connectivity index (χ3n) is 5.21. The van der Waals surface area contributed by atoms with Crippen LogP contribution in [-0.4, -0.2) is 19.6 Å². The maximum absolute atomic E-state index is 11.5. The quantitative estimate of drug-likeness (QED) is 0.247. The normalized spacial score (nSPS) is 11.9. The Morgan fingerprint density at radius 2 is 1.39 bits per heavy atom. The second kappa shape index (κ2) is 13.2. The first-order valence-electron chi connectivity index (χ1n) is 11.0. The fourth-order valence-corrected chi connectivity index (χ4v) is 4.22. The number of benzene rings is 1. The molecule has 1 aromatic rings. The smallest absolute Gasteiger partial charge is 0.294 e. The average Bonchev–Trinajstić information content (AvgIpc) is 2.61. The lowest BCUT2D eigenvalue weighted by atomic mass is 10.0. The van der Waals surface area contributed by atoms with Crippen LogP contribution in [0.25, 0.3) is 0 Å². The molecule has 5 heteroatoms. The molecule has 0 heterocycles. The van der Waals surface area contributed by atoms with Gasteiger partial charge in [-0.2, -0.15) is 8.42 Å². The van der Waals surface area contributed by atoms with Crippen LogP contribution in [0, 0.1) is 6.92 Å². The molecule has 0 spiro atoms. The third kappa shape index (κ3) is 9.42. The van der Waals surface area contributed by atoms with E-state index in [2.05, 4.69) is 6.92 Å². The van der Waals surface area contributed by atoms with Gasteiger partial charge in [-0.15, -0.1) is 0 Å². The van der Waals surface area contributed by atoms with Crippen LogP contribution in [0.4, 0.5) is 0 Å². The number of ether oxygens (including phenoxy) is 1. The summed E-state index contributed by atoms with van der Waals surface area (Å²) in [5, 5.41) is 0. The van der Waals surface area contributed by atoms with Crippen molar-refractivity contribution in [2.75, 3.05) is 6.61 Å². The number of aryl methyl sites for hydroxylation is 1. The van der Waals surface area contributed by atoms with Crippen molar-refractivity contribution in [1.29, 1.82) is 0 Å². The van der Waals surface area contributed by atoms with E-state index < -0.39 is 10.1 Å². The lowest BCUT2D eigenvalue weighted by Crippen LogP contribution is -2.07. The van der Waals surface area contributed by atoms with Gasteiger partial charge in [-0.05, 0) is 42.5 Å². The molecule has 1 rings (SSSR count). The van der Waals surface area contributed by atoms with E-state index in [1.54, 1.807) is 19.1 Å². The molecule has 1 N–H and O–H groups in total. The molecule has 0 atom stereocenters. The van der Waals surface area contributed by atoms with E-state index in [1.807, 2.05) is 13.8 Å². The molecular weight excluding hydrogens is 372 g/mol. The van der Waals surface area contributed by atoms with E-state index in [0.29, 0.717) is 12.2 Å². The largest absolute Gasteiger partial charge is 0.493 e. The third-order valence-corrected chi connectivity index (χ3v) is 6.21. The zero-order chi connectivity index (χ0) is 21.0. The second-order valence-corrected chi connectivity index (χ2v) is 9.56. The van der Waals surface area contributed by atoms with Gasteiger partial charge in [-0.25, -0.2) is 0 Å². The van der Waals surface area contributed by atoms with Gasteiger partial charge in [0, 0.05) is 0 Å². The molecule has 0 unspecified atom stereocenters. The predicted molar refractivity (Wildman–Crippen MR) is 117 cm³/mol. The standard InChI is InChI=1S/C23H40O4S/c1-5-6-7-8-9-10-11-12-13-14-15-16-27-22-17-20(4)23(28(24,25)26)18-21(22)19(2)3/h17-19H,5-16H2,1-4H3,(H,24,25,26). The summed E-state index contributed by atoms with van der Waals surface area (Å²) in [4.78, 5) is -0.0294. The second-order valence-electron chi connectivity index (χ2n) is 8.17. The Balaban J connectivity index is 2.33. The predicted octanol–water partition coefficient (Wildman–Crippen LogP) is 7.05. The summed E-state index contributed by atoms with van der Waals surface area (Å²) in [5.74, 6) is 0.848. The van der Waals surface area contributed by atoms with Gasteiger partial charge in [-0.3, -0.25) is 4.55 Å². The molecule has 0 saturated heterocycles. The van der Waals surface area contributed by atoms with Gasteiger partial charge in [-0.1, -0.05) is 85.0 Å².